The third kappa shape index (κ3) is 5.77. The Kier molecular flexibility index (Phi) is 10.0. The zero-order valence-corrected chi connectivity index (χ0v) is 29.3. The molecule has 0 bridgehead atoms. The highest BCUT2D eigenvalue weighted by atomic mass is 16.5. The van der Waals surface area contributed by atoms with Gasteiger partial charge in [0, 0.05) is 0 Å². The molecule has 0 N–H and O–H groups in total. The molecule has 0 spiro atoms. The van der Waals surface area contributed by atoms with Gasteiger partial charge < -0.3 is 28.4 Å². The third-order valence-electron chi connectivity index (χ3n) is 9.70. The van der Waals surface area contributed by atoms with Gasteiger partial charge in [-0.15, -0.1) is 0 Å². The Labute approximate surface area is 294 Å². The minimum Gasteiger partial charge on any atom is -0.497 e. The van der Waals surface area contributed by atoms with Crippen LogP contribution < -0.4 is 28.4 Å². The molecule has 0 radical (unpaired) electrons. The van der Waals surface area contributed by atoms with Crippen LogP contribution in [0.3, 0.4) is 0 Å². The second-order valence-corrected chi connectivity index (χ2v) is 11.9. The molecule has 0 amide bonds. The molecule has 0 fully saturated rings. The van der Waals surface area contributed by atoms with Crippen LogP contribution in [-0.4, -0.2) is 42.7 Å². The van der Waals surface area contributed by atoms with Gasteiger partial charge in [0.05, 0.1) is 53.5 Å². The SMILES string of the molecule is COc1ccc(C(c2ccc(OC)cc2)(c2ccc(OC)cc2)C(c2ccc(OC)cc2)(c2ccc(OC)cc2)c2ccc(OC)cc2)cc1. The third-order valence-corrected chi connectivity index (χ3v) is 9.70. The van der Waals surface area contributed by atoms with Gasteiger partial charge in [0.15, 0.2) is 0 Å². The van der Waals surface area contributed by atoms with E-state index < -0.39 is 10.8 Å². The van der Waals surface area contributed by atoms with Gasteiger partial charge in [0.1, 0.15) is 34.5 Å². The number of rotatable bonds is 13. The first-order valence-corrected chi connectivity index (χ1v) is 16.4. The molecule has 6 aromatic carbocycles. The standard InChI is InChI=1S/C44H42O6/c1-45-37-19-7-31(8-20-37)43(32-9-21-38(46-2)22-10-32,33-11-23-39(47-3)24-12-33)44(34-13-25-40(48-4)26-14-34,35-15-27-41(49-5)28-16-35)36-17-29-42(50-6)30-18-36/h7-30H,1-6H3. The highest BCUT2D eigenvalue weighted by Gasteiger charge is 2.58. The summed E-state index contributed by atoms with van der Waals surface area (Å²) in [5, 5.41) is 0. The Morgan fingerprint density at radius 1 is 0.220 bits per heavy atom. The van der Waals surface area contributed by atoms with Crippen molar-refractivity contribution >= 4 is 0 Å². The average molecular weight is 667 g/mol. The molecule has 0 saturated carbocycles. The number of methoxy groups -OCH3 is 6. The lowest BCUT2D eigenvalue weighted by atomic mass is 9.47. The van der Waals surface area contributed by atoms with Crippen LogP contribution in [-0.2, 0) is 10.8 Å². The molecule has 254 valence electrons. The molecule has 6 heteroatoms. The molecule has 0 aliphatic heterocycles. The molecule has 0 saturated heterocycles. The van der Waals surface area contributed by atoms with Crippen molar-refractivity contribution in [3.05, 3.63) is 179 Å². The first kappa shape index (κ1) is 34.0. The Bertz CT molecular complexity index is 1590. The van der Waals surface area contributed by atoms with Crippen molar-refractivity contribution < 1.29 is 28.4 Å². The van der Waals surface area contributed by atoms with Gasteiger partial charge in [-0.3, -0.25) is 0 Å². The van der Waals surface area contributed by atoms with Crippen molar-refractivity contribution in [1.29, 1.82) is 0 Å². The van der Waals surface area contributed by atoms with Gasteiger partial charge >= 0.3 is 0 Å². The second-order valence-electron chi connectivity index (χ2n) is 11.9. The van der Waals surface area contributed by atoms with E-state index in [0.29, 0.717) is 0 Å². The van der Waals surface area contributed by atoms with Crippen LogP contribution in [0.4, 0.5) is 0 Å². The largest absolute Gasteiger partial charge is 0.497 e. The minimum absolute atomic E-state index is 0.760. The summed E-state index contributed by atoms with van der Waals surface area (Å²) in [6.07, 6.45) is 0. The summed E-state index contributed by atoms with van der Waals surface area (Å²) in [4.78, 5) is 0. The number of benzene rings is 6. The maximum absolute atomic E-state index is 5.70. The first-order chi connectivity index (χ1) is 24.5. The van der Waals surface area contributed by atoms with E-state index in [1.54, 1.807) is 42.7 Å². The highest BCUT2D eigenvalue weighted by Crippen LogP contribution is 2.60. The van der Waals surface area contributed by atoms with E-state index in [1.165, 1.54) is 0 Å². The van der Waals surface area contributed by atoms with Crippen molar-refractivity contribution in [3.8, 4) is 34.5 Å². The van der Waals surface area contributed by atoms with Crippen LogP contribution in [0, 0.1) is 0 Å². The summed E-state index contributed by atoms with van der Waals surface area (Å²) in [5.41, 5.74) is 4.36. The Morgan fingerprint density at radius 3 is 0.440 bits per heavy atom. The predicted molar refractivity (Wildman–Crippen MR) is 198 cm³/mol. The summed E-state index contributed by atoms with van der Waals surface area (Å²) < 4.78 is 34.2. The quantitative estimate of drug-likeness (QED) is 0.115. The van der Waals surface area contributed by atoms with Gasteiger partial charge in [-0.1, -0.05) is 72.8 Å². The van der Waals surface area contributed by atoms with Crippen molar-refractivity contribution in [1.82, 2.24) is 0 Å². The fraction of sp³-hybridized carbons (Fsp3) is 0.182. The van der Waals surface area contributed by atoms with Gasteiger partial charge in [0.2, 0.25) is 0 Å². The molecular weight excluding hydrogens is 624 g/mol. The summed E-state index contributed by atoms with van der Waals surface area (Å²) in [5.74, 6) is 4.56. The van der Waals surface area contributed by atoms with Crippen LogP contribution >= 0.6 is 0 Å². The Hall–Kier alpha value is -5.88. The van der Waals surface area contributed by atoms with E-state index in [-0.39, 0.29) is 0 Å². The molecular formula is C44H42O6. The van der Waals surface area contributed by atoms with E-state index in [9.17, 15) is 0 Å². The minimum atomic E-state index is -0.935. The summed E-state index contributed by atoms with van der Waals surface area (Å²) in [6.45, 7) is 0. The molecule has 50 heavy (non-hydrogen) atoms. The Morgan fingerprint density at radius 2 is 0.340 bits per heavy atom. The molecule has 0 aliphatic rings. The Balaban J connectivity index is 1.91. The molecule has 0 unspecified atom stereocenters. The maximum atomic E-state index is 5.70. The number of hydrogen-bond acceptors (Lipinski definition) is 6. The fourth-order valence-electron chi connectivity index (χ4n) is 7.35. The number of hydrogen-bond donors (Lipinski definition) is 0. The van der Waals surface area contributed by atoms with Gasteiger partial charge in [0.25, 0.3) is 0 Å². The van der Waals surface area contributed by atoms with Crippen molar-refractivity contribution in [2.24, 2.45) is 0 Å². The molecule has 0 aromatic heterocycles. The van der Waals surface area contributed by atoms with Crippen molar-refractivity contribution in [3.63, 3.8) is 0 Å². The van der Waals surface area contributed by atoms with Crippen molar-refractivity contribution in [2.75, 3.05) is 42.7 Å². The smallest absolute Gasteiger partial charge is 0.118 e. The molecule has 6 aromatic rings. The van der Waals surface area contributed by atoms with Crippen LogP contribution in [0.1, 0.15) is 33.4 Å². The van der Waals surface area contributed by atoms with Gasteiger partial charge in [-0.2, -0.15) is 0 Å². The fourth-order valence-corrected chi connectivity index (χ4v) is 7.35. The maximum Gasteiger partial charge on any atom is 0.118 e. The lowest BCUT2D eigenvalue weighted by molar-refractivity contribution is 0.396. The van der Waals surface area contributed by atoms with E-state index >= 15 is 0 Å². The number of ether oxygens (including phenoxy) is 6. The molecule has 6 nitrogen and oxygen atoms in total. The summed E-state index contributed by atoms with van der Waals surface area (Å²) in [7, 11) is 10.1. The monoisotopic (exact) mass is 666 g/mol. The lowest BCUT2D eigenvalue weighted by Crippen LogP contribution is -2.52. The topological polar surface area (TPSA) is 55.4 Å². The zero-order valence-electron chi connectivity index (χ0n) is 29.3. The second kappa shape index (κ2) is 14.7. The molecule has 0 aliphatic carbocycles. The van der Waals surface area contributed by atoms with Crippen LogP contribution in [0.2, 0.25) is 0 Å². The summed E-state index contributed by atoms with van der Waals surface area (Å²) in [6, 6.07) is 50.3. The lowest BCUT2D eigenvalue weighted by Gasteiger charge is -2.53. The summed E-state index contributed by atoms with van der Waals surface area (Å²) >= 11 is 0. The molecule has 6 rings (SSSR count). The van der Waals surface area contributed by atoms with Gasteiger partial charge in [-0.25, -0.2) is 0 Å². The van der Waals surface area contributed by atoms with Gasteiger partial charge in [-0.05, 0) is 106 Å². The first-order valence-electron chi connectivity index (χ1n) is 16.4. The van der Waals surface area contributed by atoms with E-state index in [0.717, 1.165) is 67.9 Å². The van der Waals surface area contributed by atoms with Crippen LogP contribution in [0.15, 0.2) is 146 Å². The molecule has 0 atom stereocenters. The molecule has 0 heterocycles. The highest BCUT2D eigenvalue weighted by molar-refractivity contribution is 5.69. The van der Waals surface area contributed by atoms with E-state index in [1.807, 2.05) is 72.8 Å². The van der Waals surface area contributed by atoms with E-state index in [4.69, 9.17) is 28.4 Å². The van der Waals surface area contributed by atoms with E-state index in [2.05, 4.69) is 72.8 Å². The predicted octanol–water partition coefficient (Wildman–Crippen LogP) is 9.11. The van der Waals surface area contributed by atoms with Crippen LogP contribution in [0.25, 0.3) is 0 Å². The zero-order chi connectivity index (χ0) is 35.1. The van der Waals surface area contributed by atoms with Crippen LogP contribution in [0.5, 0.6) is 34.5 Å². The van der Waals surface area contributed by atoms with Crippen molar-refractivity contribution in [2.45, 2.75) is 10.8 Å². The average Bonchev–Trinajstić information content (AvgIpc) is 3.20. The normalized spacial score (nSPS) is 11.4.